The number of morpholine rings is 1. The minimum Gasteiger partial charge on any atom is -1.00 e. The summed E-state index contributed by atoms with van der Waals surface area (Å²) < 4.78 is 9.26. The van der Waals surface area contributed by atoms with Crippen molar-refractivity contribution in [3.63, 3.8) is 0 Å². The standard InChI is InChI=1S/C7H12NOS2.HI/c1-3-9-4-2-8(1)7-10-5-6-11-7;/h1-6H2;1H/q+1;/p-1. The van der Waals surface area contributed by atoms with Crippen LogP contribution in [0.5, 0.6) is 0 Å². The van der Waals surface area contributed by atoms with Crippen LogP contribution < -0.4 is 24.0 Å². The molecule has 2 aliphatic heterocycles. The predicted molar refractivity (Wildman–Crippen MR) is 50.7 cm³/mol. The second-order valence-electron chi connectivity index (χ2n) is 2.56. The molecule has 2 fully saturated rings. The molecule has 12 heavy (non-hydrogen) atoms. The van der Waals surface area contributed by atoms with Crippen molar-refractivity contribution in [2.75, 3.05) is 37.8 Å². The van der Waals surface area contributed by atoms with Crippen molar-refractivity contribution in [1.82, 2.24) is 0 Å². The summed E-state index contributed by atoms with van der Waals surface area (Å²) in [6, 6.07) is 0. The molecule has 0 N–H and O–H groups in total. The maximum atomic E-state index is 5.29. The number of rotatable bonds is 0. The summed E-state index contributed by atoms with van der Waals surface area (Å²) in [7, 11) is 0. The first-order valence-corrected chi connectivity index (χ1v) is 5.89. The fraction of sp³-hybridized carbons (Fsp3) is 0.857. The largest absolute Gasteiger partial charge is 1.00 e. The summed E-state index contributed by atoms with van der Waals surface area (Å²) in [5.41, 5.74) is 0. The van der Waals surface area contributed by atoms with Crippen LogP contribution in [0.3, 0.4) is 0 Å². The second kappa shape index (κ2) is 5.72. The molecular formula is C7H12INOS2. The number of thioether (sulfide) groups is 2. The molecule has 0 atom stereocenters. The van der Waals surface area contributed by atoms with E-state index in [0.29, 0.717) is 0 Å². The Morgan fingerprint density at radius 3 is 2.25 bits per heavy atom. The van der Waals surface area contributed by atoms with E-state index in [-0.39, 0.29) is 24.0 Å². The minimum atomic E-state index is 0. The van der Waals surface area contributed by atoms with Gasteiger partial charge in [0.05, 0.1) is 0 Å². The van der Waals surface area contributed by atoms with E-state index in [1.54, 1.807) is 0 Å². The molecule has 2 nitrogen and oxygen atoms in total. The van der Waals surface area contributed by atoms with Gasteiger partial charge in [0.2, 0.25) is 0 Å². The molecular weight excluding hydrogens is 305 g/mol. The molecule has 0 unspecified atom stereocenters. The van der Waals surface area contributed by atoms with Crippen molar-refractivity contribution in [2.24, 2.45) is 0 Å². The zero-order valence-electron chi connectivity index (χ0n) is 6.79. The van der Waals surface area contributed by atoms with Gasteiger partial charge >= 0.3 is 0 Å². The lowest BCUT2D eigenvalue weighted by atomic mass is 10.5. The fourth-order valence-corrected chi connectivity index (χ4v) is 3.81. The summed E-state index contributed by atoms with van der Waals surface area (Å²) in [6.07, 6.45) is 0. The Hall–Kier alpha value is 1.06. The molecule has 0 aromatic carbocycles. The molecule has 2 heterocycles. The normalized spacial score (nSPS) is 24.0. The van der Waals surface area contributed by atoms with Crippen molar-refractivity contribution >= 4 is 27.9 Å². The van der Waals surface area contributed by atoms with Gasteiger partial charge in [-0.3, -0.25) is 0 Å². The van der Waals surface area contributed by atoms with Gasteiger partial charge in [-0.2, -0.15) is 0 Å². The van der Waals surface area contributed by atoms with Gasteiger partial charge in [0, 0.05) is 11.5 Å². The third-order valence-corrected chi connectivity index (χ3v) is 4.60. The molecule has 0 spiro atoms. The highest BCUT2D eigenvalue weighted by atomic mass is 127. The number of halogens is 1. The van der Waals surface area contributed by atoms with Gasteiger partial charge < -0.3 is 28.7 Å². The highest BCUT2D eigenvalue weighted by Gasteiger charge is 2.23. The lowest BCUT2D eigenvalue weighted by molar-refractivity contribution is -0.544. The van der Waals surface area contributed by atoms with Crippen molar-refractivity contribution < 1.29 is 33.3 Å². The lowest BCUT2D eigenvalue weighted by Gasteiger charge is -2.11. The van der Waals surface area contributed by atoms with Crippen LogP contribution in [0, 0.1) is 0 Å². The Balaban J connectivity index is 0.000000720. The summed E-state index contributed by atoms with van der Waals surface area (Å²) in [6.45, 7) is 4.00. The SMILES string of the molecule is C1C[N+](=C2SCCS2)CCO1.[I-]. The number of ether oxygens (including phenoxy) is 1. The Bertz CT molecular complexity index is 170. The van der Waals surface area contributed by atoms with Crippen LogP contribution in [0.1, 0.15) is 0 Å². The van der Waals surface area contributed by atoms with Gasteiger partial charge in [-0.05, 0) is 23.5 Å². The third kappa shape index (κ3) is 2.78. The third-order valence-electron chi connectivity index (χ3n) is 1.80. The van der Waals surface area contributed by atoms with E-state index >= 15 is 0 Å². The quantitative estimate of drug-likeness (QED) is 0.374. The van der Waals surface area contributed by atoms with Crippen LogP contribution in [0.25, 0.3) is 0 Å². The van der Waals surface area contributed by atoms with Gasteiger partial charge in [0.1, 0.15) is 13.2 Å². The van der Waals surface area contributed by atoms with E-state index < -0.39 is 0 Å². The number of hydrogen-bond donors (Lipinski definition) is 0. The average molecular weight is 317 g/mol. The van der Waals surface area contributed by atoms with Crippen molar-refractivity contribution in [1.29, 1.82) is 0 Å². The Morgan fingerprint density at radius 1 is 1.08 bits per heavy atom. The highest BCUT2D eigenvalue weighted by Crippen LogP contribution is 2.25. The minimum absolute atomic E-state index is 0. The van der Waals surface area contributed by atoms with Crippen LogP contribution in [0.15, 0.2) is 0 Å². The highest BCUT2D eigenvalue weighted by molar-refractivity contribution is 8.41. The van der Waals surface area contributed by atoms with Gasteiger partial charge in [-0.25, -0.2) is 4.58 Å². The van der Waals surface area contributed by atoms with Gasteiger partial charge in [-0.1, -0.05) is 0 Å². The summed E-state index contributed by atoms with van der Waals surface area (Å²) in [5.74, 6) is 2.58. The van der Waals surface area contributed by atoms with Crippen LogP contribution >= 0.6 is 23.5 Å². The Labute approximate surface area is 98.5 Å². The molecule has 70 valence electrons. The first-order chi connectivity index (χ1) is 5.47. The molecule has 0 saturated carbocycles. The molecule has 5 heteroatoms. The molecule has 0 aromatic heterocycles. The fourth-order valence-electron chi connectivity index (χ4n) is 1.23. The molecule has 0 bridgehead atoms. The second-order valence-corrected chi connectivity index (χ2v) is 4.99. The van der Waals surface area contributed by atoms with E-state index in [2.05, 4.69) is 4.58 Å². The van der Waals surface area contributed by atoms with Crippen LogP contribution in [0.4, 0.5) is 0 Å². The topological polar surface area (TPSA) is 12.2 Å². The predicted octanol–water partition coefficient (Wildman–Crippen LogP) is -2.13. The summed E-state index contributed by atoms with van der Waals surface area (Å²) in [4.78, 5) is 0. The molecule has 0 aliphatic carbocycles. The van der Waals surface area contributed by atoms with E-state index in [1.165, 1.54) is 15.9 Å². The van der Waals surface area contributed by atoms with E-state index in [9.17, 15) is 0 Å². The smallest absolute Gasteiger partial charge is 0.270 e. The van der Waals surface area contributed by atoms with Crippen molar-refractivity contribution in [3.05, 3.63) is 0 Å². The van der Waals surface area contributed by atoms with Gasteiger partial charge in [0.15, 0.2) is 13.1 Å². The summed E-state index contributed by atoms with van der Waals surface area (Å²) >= 11 is 4.00. The molecule has 2 saturated heterocycles. The number of hydrogen-bond acceptors (Lipinski definition) is 3. The molecule has 2 aliphatic rings. The Kier molecular flexibility index (Phi) is 5.31. The molecule has 0 radical (unpaired) electrons. The zero-order chi connectivity index (χ0) is 7.52. The maximum Gasteiger partial charge on any atom is 0.270 e. The monoisotopic (exact) mass is 317 g/mol. The van der Waals surface area contributed by atoms with Crippen LogP contribution in [0.2, 0.25) is 0 Å². The van der Waals surface area contributed by atoms with Crippen LogP contribution in [-0.2, 0) is 4.74 Å². The molecule has 0 amide bonds. The van der Waals surface area contributed by atoms with E-state index in [0.717, 1.165) is 26.3 Å². The molecule has 2 rings (SSSR count). The van der Waals surface area contributed by atoms with Crippen LogP contribution in [-0.4, -0.2) is 46.8 Å². The van der Waals surface area contributed by atoms with E-state index in [1.807, 2.05) is 23.5 Å². The first-order valence-electron chi connectivity index (χ1n) is 3.92. The average Bonchev–Trinajstić information content (AvgIpc) is 2.58. The molecule has 0 aromatic rings. The van der Waals surface area contributed by atoms with Crippen molar-refractivity contribution in [2.45, 2.75) is 0 Å². The van der Waals surface area contributed by atoms with E-state index in [4.69, 9.17) is 4.74 Å². The zero-order valence-corrected chi connectivity index (χ0v) is 10.6. The Morgan fingerprint density at radius 2 is 1.67 bits per heavy atom. The first kappa shape index (κ1) is 11.1. The maximum absolute atomic E-state index is 5.29. The summed E-state index contributed by atoms with van der Waals surface area (Å²) in [5, 5.41) is 0. The van der Waals surface area contributed by atoms with Gasteiger partial charge in [-0.15, -0.1) is 0 Å². The van der Waals surface area contributed by atoms with Gasteiger partial charge in [0.25, 0.3) is 4.38 Å². The number of nitrogens with zero attached hydrogens (tertiary/aromatic N) is 1. The van der Waals surface area contributed by atoms with Crippen molar-refractivity contribution in [3.8, 4) is 0 Å². The lowest BCUT2D eigenvalue weighted by Crippen LogP contribution is -3.00.